The van der Waals surface area contributed by atoms with Crippen LogP contribution in [0.2, 0.25) is 0 Å². The number of rotatable bonds is 5. The van der Waals surface area contributed by atoms with Crippen molar-refractivity contribution in [1.29, 1.82) is 0 Å². The van der Waals surface area contributed by atoms with Crippen LogP contribution in [0.25, 0.3) is 0 Å². The van der Waals surface area contributed by atoms with Crippen molar-refractivity contribution >= 4 is 23.3 Å². The van der Waals surface area contributed by atoms with Crippen molar-refractivity contribution in [2.24, 2.45) is 7.05 Å². The molecule has 0 bridgehead atoms. The highest BCUT2D eigenvalue weighted by molar-refractivity contribution is 6.43. The summed E-state index contributed by atoms with van der Waals surface area (Å²) < 4.78 is 14.9. The maximum absolute atomic E-state index is 13.4. The van der Waals surface area contributed by atoms with E-state index in [0.717, 1.165) is 12.8 Å². The van der Waals surface area contributed by atoms with E-state index in [1.165, 1.54) is 23.8 Å². The van der Waals surface area contributed by atoms with Crippen molar-refractivity contribution in [3.05, 3.63) is 46.3 Å². The Morgan fingerprint density at radius 3 is 2.52 bits per heavy atom. The molecule has 166 valence electrons. The lowest BCUT2D eigenvalue weighted by Gasteiger charge is -2.28. The van der Waals surface area contributed by atoms with Crippen LogP contribution in [0, 0.1) is 26.7 Å². The molecule has 0 aliphatic heterocycles. The van der Waals surface area contributed by atoms with Crippen LogP contribution in [-0.2, 0) is 11.8 Å². The Morgan fingerprint density at radius 1 is 1.19 bits per heavy atom. The number of halogens is 1. The quantitative estimate of drug-likeness (QED) is 0.383. The second kappa shape index (κ2) is 8.97. The number of aryl methyl sites for hydroxylation is 1. The molecule has 1 aliphatic rings. The number of aliphatic hydroxyl groups is 1. The number of carbonyl (C=O) groups is 3. The van der Waals surface area contributed by atoms with E-state index in [1.54, 1.807) is 20.9 Å². The van der Waals surface area contributed by atoms with Gasteiger partial charge in [0.05, 0.1) is 35.3 Å². The standard InChI is InChI=1S/C22H27FN4O4/c1-11-9-14(10-24-20(11)23)25-21(30)17-12(2)18(27(4)13(17)3)19(29)22(31)26-15-7-5-6-8-16(15)28/h9-10,15-16,28H,5-8H2,1-4H3,(H,25,30)(H,26,31)/t15-,16-/m1/s1. The van der Waals surface area contributed by atoms with E-state index in [0.29, 0.717) is 29.8 Å². The highest BCUT2D eigenvalue weighted by atomic mass is 19.1. The number of aromatic nitrogens is 2. The van der Waals surface area contributed by atoms with Crippen LogP contribution in [0.1, 0.15) is 63.4 Å². The van der Waals surface area contributed by atoms with Gasteiger partial charge in [0, 0.05) is 18.3 Å². The van der Waals surface area contributed by atoms with E-state index in [2.05, 4.69) is 15.6 Å². The average molecular weight is 430 g/mol. The largest absolute Gasteiger partial charge is 0.391 e. The van der Waals surface area contributed by atoms with Gasteiger partial charge in [-0.15, -0.1) is 0 Å². The van der Waals surface area contributed by atoms with Crippen molar-refractivity contribution in [2.45, 2.75) is 58.6 Å². The highest BCUT2D eigenvalue weighted by Crippen LogP contribution is 2.24. The van der Waals surface area contributed by atoms with Gasteiger partial charge in [-0.2, -0.15) is 4.39 Å². The van der Waals surface area contributed by atoms with Crippen LogP contribution in [0.15, 0.2) is 12.3 Å². The Kier molecular flexibility index (Phi) is 6.54. The van der Waals surface area contributed by atoms with Gasteiger partial charge in [-0.05, 0) is 45.2 Å². The third kappa shape index (κ3) is 4.51. The van der Waals surface area contributed by atoms with Crippen molar-refractivity contribution in [1.82, 2.24) is 14.9 Å². The fraction of sp³-hybridized carbons (Fsp3) is 0.455. The second-order valence-electron chi connectivity index (χ2n) is 8.04. The van der Waals surface area contributed by atoms with E-state index < -0.39 is 35.7 Å². The van der Waals surface area contributed by atoms with E-state index in [-0.39, 0.29) is 16.8 Å². The molecule has 3 rings (SSSR count). The fourth-order valence-corrected chi connectivity index (χ4v) is 4.08. The number of amides is 2. The first-order chi connectivity index (χ1) is 14.6. The smallest absolute Gasteiger partial charge is 0.294 e. The topological polar surface area (TPSA) is 113 Å². The Morgan fingerprint density at radius 2 is 1.87 bits per heavy atom. The summed E-state index contributed by atoms with van der Waals surface area (Å²) in [6.07, 6.45) is 3.51. The molecule has 31 heavy (non-hydrogen) atoms. The number of Topliss-reactive ketones (excluding diaryl/α,β-unsaturated/α-hetero) is 1. The molecule has 1 fully saturated rings. The summed E-state index contributed by atoms with van der Waals surface area (Å²) in [7, 11) is 1.61. The SMILES string of the molecule is Cc1cc(NC(=O)c2c(C)c(C(=O)C(=O)N[C@@H]3CCCC[C@H]3O)n(C)c2C)cnc1F. The molecule has 2 amide bonds. The summed E-state index contributed by atoms with van der Waals surface area (Å²) in [5.41, 5.74) is 1.86. The summed E-state index contributed by atoms with van der Waals surface area (Å²) in [6, 6.07) is 1.01. The predicted octanol–water partition coefficient (Wildman–Crippen LogP) is 2.34. The van der Waals surface area contributed by atoms with Gasteiger partial charge in [0.15, 0.2) is 0 Å². The van der Waals surface area contributed by atoms with E-state index in [4.69, 9.17) is 0 Å². The normalized spacial score (nSPS) is 18.5. The molecule has 2 heterocycles. The van der Waals surface area contributed by atoms with Crippen LogP contribution in [-0.4, -0.2) is 44.4 Å². The molecule has 2 aromatic heterocycles. The van der Waals surface area contributed by atoms with E-state index >= 15 is 0 Å². The molecule has 1 saturated carbocycles. The van der Waals surface area contributed by atoms with Gasteiger partial charge >= 0.3 is 0 Å². The van der Waals surface area contributed by atoms with E-state index in [1.807, 2.05) is 0 Å². The number of ketones is 1. The fourth-order valence-electron chi connectivity index (χ4n) is 4.08. The molecule has 0 spiro atoms. The molecule has 9 heteroatoms. The number of pyridine rings is 1. The van der Waals surface area contributed by atoms with Crippen LogP contribution in [0.3, 0.4) is 0 Å². The van der Waals surface area contributed by atoms with Crippen molar-refractivity contribution in [2.75, 3.05) is 5.32 Å². The van der Waals surface area contributed by atoms with Gasteiger partial charge in [0.2, 0.25) is 5.95 Å². The van der Waals surface area contributed by atoms with Crippen LogP contribution >= 0.6 is 0 Å². The minimum atomic E-state index is -0.806. The Labute approximate surface area is 179 Å². The number of hydrogen-bond acceptors (Lipinski definition) is 5. The Hall–Kier alpha value is -3.07. The van der Waals surface area contributed by atoms with Crippen LogP contribution in [0.5, 0.6) is 0 Å². The molecule has 3 N–H and O–H groups in total. The summed E-state index contributed by atoms with van der Waals surface area (Å²) in [5, 5.41) is 15.4. The third-order valence-electron chi connectivity index (χ3n) is 5.90. The zero-order valence-corrected chi connectivity index (χ0v) is 18.1. The monoisotopic (exact) mass is 430 g/mol. The lowest BCUT2D eigenvalue weighted by atomic mass is 9.92. The first-order valence-electron chi connectivity index (χ1n) is 10.2. The number of anilines is 1. The zero-order valence-electron chi connectivity index (χ0n) is 18.1. The predicted molar refractivity (Wildman–Crippen MR) is 113 cm³/mol. The minimum absolute atomic E-state index is 0.110. The van der Waals surface area contributed by atoms with Gasteiger partial charge in [0.1, 0.15) is 0 Å². The summed E-state index contributed by atoms with van der Waals surface area (Å²) in [4.78, 5) is 42.0. The molecular formula is C22H27FN4O4. The first kappa shape index (κ1) is 22.6. The van der Waals surface area contributed by atoms with Crippen molar-refractivity contribution in [3.8, 4) is 0 Å². The maximum atomic E-state index is 13.4. The lowest BCUT2D eigenvalue weighted by Crippen LogP contribution is -2.47. The summed E-state index contributed by atoms with van der Waals surface area (Å²) in [5.74, 6) is -2.67. The molecule has 0 radical (unpaired) electrons. The highest BCUT2D eigenvalue weighted by Gasteiger charge is 2.31. The number of nitrogens with zero attached hydrogens (tertiary/aromatic N) is 2. The molecule has 1 aliphatic carbocycles. The molecule has 2 aromatic rings. The van der Waals surface area contributed by atoms with Gasteiger partial charge in [-0.3, -0.25) is 14.4 Å². The number of carbonyl (C=O) groups excluding carboxylic acids is 3. The molecule has 8 nitrogen and oxygen atoms in total. The van der Waals surface area contributed by atoms with Crippen molar-refractivity contribution < 1.29 is 23.9 Å². The van der Waals surface area contributed by atoms with Crippen LogP contribution < -0.4 is 10.6 Å². The third-order valence-corrected chi connectivity index (χ3v) is 5.90. The molecule has 2 atom stereocenters. The maximum Gasteiger partial charge on any atom is 0.294 e. The van der Waals surface area contributed by atoms with Gasteiger partial charge in [-0.25, -0.2) is 4.98 Å². The molecule has 0 unspecified atom stereocenters. The number of hydrogen-bond donors (Lipinski definition) is 3. The van der Waals surface area contributed by atoms with Gasteiger partial charge < -0.3 is 20.3 Å². The lowest BCUT2D eigenvalue weighted by molar-refractivity contribution is -0.118. The van der Waals surface area contributed by atoms with Gasteiger partial charge in [0.25, 0.3) is 17.6 Å². The zero-order chi connectivity index (χ0) is 22.9. The van der Waals surface area contributed by atoms with Crippen molar-refractivity contribution in [3.63, 3.8) is 0 Å². The number of nitrogens with one attached hydrogen (secondary N) is 2. The Bertz CT molecular complexity index is 1050. The number of aliphatic hydroxyl groups excluding tert-OH is 1. The molecule has 0 aromatic carbocycles. The molecule has 0 saturated heterocycles. The van der Waals surface area contributed by atoms with Gasteiger partial charge in [-0.1, -0.05) is 12.8 Å². The Balaban J connectivity index is 1.83. The van der Waals surface area contributed by atoms with Crippen LogP contribution in [0.4, 0.5) is 10.1 Å². The summed E-state index contributed by atoms with van der Waals surface area (Å²) in [6.45, 7) is 4.82. The second-order valence-corrected chi connectivity index (χ2v) is 8.04. The minimum Gasteiger partial charge on any atom is -0.391 e. The molecular weight excluding hydrogens is 403 g/mol. The average Bonchev–Trinajstić information content (AvgIpc) is 2.94. The first-order valence-corrected chi connectivity index (χ1v) is 10.2. The summed E-state index contributed by atoms with van der Waals surface area (Å²) >= 11 is 0. The van der Waals surface area contributed by atoms with E-state index in [9.17, 15) is 23.9 Å².